The smallest absolute Gasteiger partial charge is 0.389 e. The van der Waals surface area contributed by atoms with Crippen molar-refractivity contribution in [1.82, 2.24) is 19.2 Å². The van der Waals surface area contributed by atoms with Crippen LogP contribution < -0.4 is 5.56 Å². The monoisotopic (exact) mass is 456 g/mol. The van der Waals surface area contributed by atoms with Gasteiger partial charge in [-0.05, 0) is 24.6 Å². The summed E-state index contributed by atoms with van der Waals surface area (Å²) in [5.74, 6) is -5.20. The van der Waals surface area contributed by atoms with Crippen molar-refractivity contribution in [3.05, 3.63) is 52.3 Å². The predicted molar refractivity (Wildman–Crippen MR) is 89.3 cm³/mol. The first-order valence-corrected chi connectivity index (χ1v) is 8.41. The van der Waals surface area contributed by atoms with Gasteiger partial charge in [-0.15, -0.1) is 0 Å². The molecule has 3 heterocycles. The molecule has 6 nitrogen and oxygen atoms in total. The molecule has 1 unspecified atom stereocenters. The van der Waals surface area contributed by atoms with Crippen LogP contribution in [-0.2, 0) is 12.7 Å². The highest BCUT2D eigenvalue weighted by molar-refractivity contribution is 5.66. The lowest BCUT2D eigenvalue weighted by Crippen LogP contribution is -2.40. The summed E-state index contributed by atoms with van der Waals surface area (Å²) in [6.07, 6.45) is -10.0. The van der Waals surface area contributed by atoms with Crippen molar-refractivity contribution < 1.29 is 40.2 Å². The molecule has 31 heavy (non-hydrogen) atoms. The lowest BCUT2D eigenvalue weighted by molar-refractivity contribution is -0.287. The highest BCUT2D eigenvalue weighted by Gasteiger charge is 2.57. The lowest BCUT2D eigenvalue weighted by Gasteiger charge is -2.19. The second-order valence-corrected chi connectivity index (χ2v) is 6.63. The number of pyridine rings is 1. The number of alkyl halides is 8. The van der Waals surface area contributed by atoms with Crippen molar-refractivity contribution in [2.45, 2.75) is 37.8 Å². The number of hydrogen-bond donors (Lipinski definition) is 1. The fraction of sp³-hybridized carbons (Fsp3) is 0.353. The minimum Gasteiger partial charge on any atom is -0.389 e. The van der Waals surface area contributed by atoms with Gasteiger partial charge in [-0.2, -0.15) is 40.2 Å². The zero-order chi connectivity index (χ0) is 23.4. The van der Waals surface area contributed by atoms with Crippen LogP contribution in [0.5, 0.6) is 0 Å². The molecule has 0 aromatic carbocycles. The standard InChI is InChI=1S/C17H12F8N4O2/c1-8(30)9-2-3-29-11(4-9)27-13(16(20,21)22)12(14(29)31)10-5-26-28(6-10)7-15(18,19)17(23,24)25/h2-6,8,30H,7H2,1H3. The summed E-state index contributed by atoms with van der Waals surface area (Å²) < 4.78 is 105. The Labute approximate surface area is 167 Å². The average molecular weight is 456 g/mol. The summed E-state index contributed by atoms with van der Waals surface area (Å²) >= 11 is 0. The molecule has 0 fully saturated rings. The van der Waals surface area contributed by atoms with Gasteiger partial charge in [-0.1, -0.05) is 0 Å². The first kappa shape index (κ1) is 22.7. The molecule has 0 radical (unpaired) electrons. The molecule has 0 saturated carbocycles. The van der Waals surface area contributed by atoms with Gasteiger partial charge in [0.25, 0.3) is 5.56 Å². The molecule has 168 valence electrons. The summed E-state index contributed by atoms with van der Waals surface area (Å²) in [6.45, 7) is -0.647. The van der Waals surface area contributed by atoms with Crippen molar-refractivity contribution in [3.63, 3.8) is 0 Å². The van der Waals surface area contributed by atoms with Crippen molar-refractivity contribution in [2.75, 3.05) is 0 Å². The van der Waals surface area contributed by atoms with Gasteiger partial charge in [0.05, 0.1) is 17.9 Å². The van der Waals surface area contributed by atoms with E-state index in [4.69, 9.17) is 0 Å². The number of aliphatic hydroxyl groups is 1. The number of aliphatic hydroxyl groups excluding tert-OH is 1. The molecular formula is C17H12F8N4O2. The Morgan fingerprint density at radius 2 is 1.77 bits per heavy atom. The van der Waals surface area contributed by atoms with Crippen LogP contribution in [0.1, 0.15) is 24.3 Å². The molecule has 0 bridgehead atoms. The van der Waals surface area contributed by atoms with Crippen molar-refractivity contribution in [2.24, 2.45) is 0 Å². The molecule has 3 aromatic heterocycles. The molecule has 0 spiro atoms. The van der Waals surface area contributed by atoms with Gasteiger partial charge >= 0.3 is 18.3 Å². The van der Waals surface area contributed by atoms with Crippen LogP contribution in [-0.4, -0.2) is 36.4 Å². The Morgan fingerprint density at radius 1 is 1.13 bits per heavy atom. The molecule has 1 atom stereocenters. The molecule has 0 aliphatic heterocycles. The van der Waals surface area contributed by atoms with E-state index < -0.39 is 59.0 Å². The van der Waals surface area contributed by atoms with Gasteiger partial charge in [0, 0.05) is 18.0 Å². The second kappa shape index (κ2) is 7.28. The maximum atomic E-state index is 13.6. The number of rotatable bonds is 4. The quantitative estimate of drug-likeness (QED) is 0.606. The van der Waals surface area contributed by atoms with E-state index in [0.717, 1.165) is 16.7 Å². The summed E-state index contributed by atoms with van der Waals surface area (Å²) in [5, 5.41) is 12.8. The van der Waals surface area contributed by atoms with Gasteiger partial charge in [-0.3, -0.25) is 13.9 Å². The summed E-state index contributed by atoms with van der Waals surface area (Å²) in [6, 6.07) is 2.31. The summed E-state index contributed by atoms with van der Waals surface area (Å²) in [4.78, 5) is 16.1. The topological polar surface area (TPSA) is 72.4 Å². The normalized spacial score (nSPS) is 14.3. The van der Waals surface area contributed by atoms with E-state index in [1.165, 1.54) is 13.0 Å². The van der Waals surface area contributed by atoms with Gasteiger partial charge < -0.3 is 5.11 Å². The van der Waals surface area contributed by atoms with Crippen molar-refractivity contribution in [1.29, 1.82) is 0 Å². The first-order chi connectivity index (χ1) is 14.1. The Kier molecular flexibility index (Phi) is 5.32. The third-order valence-corrected chi connectivity index (χ3v) is 4.30. The SMILES string of the molecule is CC(O)c1ccn2c(=O)c(-c3cnn(CC(F)(F)C(F)(F)F)c3)c(C(F)(F)F)nc2c1. The number of halogens is 8. The number of hydrogen-bond acceptors (Lipinski definition) is 4. The predicted octanol–water partition coefficient (Wildman–Crippen LogP) is 3.83. The van der Waals surface area contributed by atoms with Crippen LogP contribution in [0, 0.1) is 0 Å². The van der Waals surface area contributed by atoms with E-state index in [1.807, 2.05) is 0 Å². The van der Waals surface area contributed by atoms with E-state index in [-0.39, 0.29) is 10.2 Å². The van der Waals surface area contributed by atoms with Crippen LogP contribution in [0.4, 0.5) is 35.1 Å². The third kappa shape index (κ3) is 4.24. The van der Waals surface area contributed by atoms with Crippen LogP contribution in [0.15, 0.2) is 35.5 Å². The second-order valence-electron chi connectivity index (χ2n) is 6.63. The van der Waals surface area contributed by atoms with Crippen molar-refractivity contribution >= 4 is 5.65 Å². The Bertz CT molecular complexity index is 1180. The lowest BCUT2D eigenvalue weighted by atomic mass is 10.1. The first-order valence-electron chi connectivity index (χ1n) is 8.41. The van der Waals surface area contributed by atoms with Crippen LogP contribution in [0.3, 0.4) is 0 Å². The molecule has 0 aliphatic rings. The highest BCUT2D eigenvalue weighted by Crippen LogP contribution is 2.37. The molecule has 3 aromatic rings. The number of aromatic nitrogens is 4. The van der Waals surface area contributed by atoms with E-state index in [9.17, 15) is 45.0 Å². The molecule has 0 aliphatic carbocycles. The average Bonchev–Trinajstić information content (AvgIpc) is 3.06. The number of nitrogens with zero attached hydrogens (tertiary/aromatic N) is 4. The van der Waals surface area contributed by atoms with E-state index >= 15 is 0 Å². The van der Waals surface area contributed by atoms with E-state index in [0.29, 0.717) is 12.4 Å². The van der Waals surface area contributed by atoms with Crippen LogP contribution in [0.25, 0.3) is 16.8 Å². The molecule has 14 heteroatoms. The Balaban J connectivity index is 2.18. The fourth-order valence-electron chi connectivity index (χ4n) is 2.75. The van der Waals surface area contributed by atoms with Crippen LogP contribution >= 0.6 is 0 Å². The van der Waals surface area contributed by atoms with E-state index in [2.05, 4.69) is 10.1 Å². The third-order valence-electron chi connectivity index (χ3n) is 4.30. The van der Waals surface area contributed by atoms with Gasteiger partial charge in [0.1, 0.15) is 12.2 Å². The van der Waals surface area contributed by atoms with Gasteiger partial charge in [0.2, 0.25) is 0 Å². The van der Waals surface area contributed by atoms with Gasteiger partial charge in [0.15, 0.2) is 5.69 Å². The summed E-state index contributed by atoms with van der Waals surface area (Å²) in [7, 11) is 0. The number of fused-ring (bicyclic) bond motifs is 1. The molecule has 3 rings (SSSR count). The molecule has 0 saturated heterocycles. The van der Waals surface area contributed by atoms with Gasteiger partial charge in [-0.25, -0.2) is 4.98 Å². The highest BCUT2D eigenvalue weighted by atomic mass is 19.4. The molecular weight excluding hydrogens is 444 g/mol. The zero-order valence-corrected chi connectivity index (χ0v) is 15.3. The maximum Gasteiger partial charge on any atom is 0.455 e. The minimum atomic E-state index is -5.90. The minimum absolute atomic E-state index is 0.0911. The molecule has 0 amide bonds. The maximum absolute atomic E-state index is 13.6. The van der Waals surface area contributed by atoms with Crippen LogP contribution in [0.2, 0.25) is 0 Å². The zero-order valence-electron chi connectivity index (χ0n) is 15.3. The fourth-order valence-corrected chi connectivity index (χ4v) is 2.75. The summed E-state index contributed by atoms with van der Waals surface area (Å²) in [5.41, 5.74) is -4.92. The molecule has 1 N–H and O–H groups in total. The Hall–Kier alpha value is -3.03. The van der Waals surface area contributed by atoms with Crippen molar-refractivity contribution in [3.8, 4) is 11.1 Å². The Morgan fingerprint density at radius 3 is 2.32 bits per heavy atom. The van der Waals surface area contributed by atoms with E-state index in [1.54, 1.807) is 0 Å². The largest absolute Gasteiger partial charge is 0.455 e.